The minimum Gasteiger partial charge on any atom is -0.491 e. The Morgan fingerprint density at radius 3 is 2.70 bits per heavy atom. The maximum Gasteiger partial charge on any atom is 0.432 e. The summed E-state index contributed by atoms with van der Waals surface area (Å²) in [6, 6.07) is 17.0. The van der Waals surface area contributed by atoms with Crippen LogP contribution in [-0.2, 0) is 13.0 Å². The highest BCUT2D eigenvalue weighted by molar-refractivity contribution is 5.68. The van der Waals surface area contributed by atoms with Crippen molar-refractivity contribution in [3.05, 3.63) is 88.0 Å². The predicted molar refractivity (Wildman–Crippen MR) is 98.5 cm³/mol. The molecular weight excluding hydrogens is 346 g/mol. The molecule has 1 aromatic heterocycles. The van der Waals surface area contributed by atoms with Gasteiger partial charge in [0.1, 0.15) is 0 Å². The highest BCUT2D eigenvalue weighted by Gasteiger charge is 2.25. The summed E-state index contributed by atoms with van der Waals surface area (Å²) in [6.45, 7) is 0.265. The number of amides is 1. The number of imidazole rings is 1. The molecule has 0 unspecified atom stereocenters. The molecule has 7 heteroatoms. The first kappa shape index (κ1) is 17.0. The zero-order chi connectivity index (χ0) is 18.8. The molecule has 3 aromatic rings. The first-order valence-corrected chi connectivity index (χ1v) is 8.73. The van der Waals surface area contributed by atoms with Crippen LogP contribution in [0.5, 0.6) is 5.88 Å². The van der Waals surface area contributed by atoms with E-state index in [0.717, 1.165) is 24.0 Å². The molecule has 138 valence electrons. The average molecular weight is 365 g/mol. The third kappa shape index (κ3) is 3.44. The molecule has 1 amide bonds. The number of hydrogen-bond acceptors (Lipinski definition) is 4. The van der Waals surface area contributed by atoms with Crippen LogP contribution in [0.4, 0.5) is 4.79 Å². The number of nitrogens with one attached hydrogen (secondary N) is 1. The number of aryl methyl sites for hydroxylation is 1. The van der Waals surface area contributed by atoms with E-state index in [2.05, 4.69) is 5.32 Å². The van der Waals surface area contributed by atoms with Gasteiger partial charge in [-0.15, -0.1) is 0 Å². The lowest BCUT2D eigenvalue weighted by molar-refractivity contribution is 0.112. The average Bonchev–Trinajstić information content (AvgIpc) is 3.19. The fourth-order valence-electron chi connectivity index (χ4n) is 3.40. The molecule has 0 saturated carbocycles. The Bertz CT molecular complexity index is 1020. The summed E-state index contributed by atoms with van der Waals surface area (Å²) < 4.78 is 1.88. The number of benzene rings is 2. The summed E-state index contributed by atoms with van der Waals surface area (Å²) in [5.41, 5.74) is 2.51. The largest absolute Gasteiger partial charge is 0.491 e. The van der Waals surface area contributed by atoms with Crippen molar-refractivity contribution in [1.29, 1.82) is 0 Å². The zero-order valence-electron chi connectivity index (χ0n) is 14.5. The lowest BCUT2D eigenvalue weighted by Gasteiger charge is -2.13. The second kappa shape index (κ2) is 7.03. The fraction of sp³-hybridized carbons (Fsp3) is 0.200. The number of fused-ring (bicyclic) bond motifs is 1. The van der Waals surface area contributed by atoms with Gasteiger partial charge in [0.2, 0.25) is 5.88 Å². The molecule has 0 saturated heterocycles. The number of carbonyl (C=O) groups is 1. The number of aromatic hydroxyl groups is 1. The van der Waals surface area contributed by atoms with Crippen LogP contribution >= 0.6 is 0 Å². The van der Waals surface area contributed by atoms with Gasteiger partial charge in [-0.2, -0.15) is 0 Å². The molecule has 0 fully saturated rings. The highest BCUT2D eigenvalue weighted by atomic mass is 16.7. The van der Waals surface area contributed by atoms with Crippen LogP contribution in [0.15, 0.2) is 65.6 Å². The van der Waals surface area contributed by atoms with Crippen LogP contribution in [0.25, 0.3) is 0 Å². The normalized spacial score (nSPS) is 15.3. The second-order valence-corrected chi connectivity index (χ2v) is 6.49. The van der Waals surface area contributed by atoms with E-state index in [9.17, 15) is 14.7 Å². The van der Waals surface area contributed by atoms with Crippen LogP contribution in [0.3, 0.4) is 0 Å². The number of rotatable bonds is 4. The maximum absolute atomic E-state index is 12.4. The molecule has 1 atom stereocenters. The van der Waals surface area contributed by atoms with E-state index in [0.29, 0.717) is 4.73 Å². The van der Waals surface area contributed by atoms with Crippen LogP contribution in [-0.4, -0.2) is 20.5 Å². The summed E-state index contributed by atoms with van der Waals surface area (Å²) in [7, 11) is 0. The van der Waals surface area contributed by atoms with Gasteiger partial charge in [-0.05, 0) is 29.5 Å². The van der Waals surface area contributed by atoms with E-state index in [1.54, 1.807) is 0 Å². The minimum absolute atomic E-state index is 0.169. The van der Waals surface area contributed by atoms with Crippen molar-refractivity contribution in [1.82, 2.24) is 14.6 Å². The van der Waals surface area contributed by atoms with Crippen molar-refractivity contribution in [3.63, 3.8) is 0 Å². The molecule has 1 heterocycles. The van der Waals surface area contributed by atoms with E-state index in [4.69, 9.17) is 4.84 Å². The van der Waals surface area contributed by atoms with Gasteiger partial charge in [0.15, 0.2) is 0 Å². The van der Waals surface area contributed by atoms with Gasteiger partial charge in [-0.3, -0.25) is 4.57 Å². The summed E-state index contributed by atoms with van der Waals surface area (Å²) in [5, 5.41) is 12.8. The number of hydrogen-bond donors (Lipinski definition) is 2. The molecule has 0 spiro atoms. The van der Waals surface area contributed by atoms with Gasteiger partial charge >= 0.3 is 11.8 Å². The van der Waals surface area contributed by atoms with E-state index in [-0.39, 0.29) is 12.6 Å². The van der Waals surface area contributed by atoms with Gasteiger partial charge in [-0.25, -0.2) is 9.59 Å². The Balaban J connectivity index is 1.47. The number of carbonyl (C=O) groups excluding carboxylic acids is 1. The minimum atomic E-state index is -0.786. The summed E-state index contributed by atoms with van der Waals surface area (Å²) >= 11 is 0. The van der Waals surface area contributed by atoms with Gasteiger partial charge in [0.05, 0.1) is 18.8 Å². The van der Waals surface area contributed by atoms with Crippen LogP contribution in [0.1, 0.15) is 29.2 Å². The second-order valence-electron chi connectivity index (χ2n) is 6.49. The van der Waals surface area contributed by atoms with Crippen molar-refractivity contribution in [2.24, 2.45) is 0 Å². The molecule has 0 radical (unpaired) electrons. The molecular formula is C20H19N3O4. The molecule has 0 aliphatic heterocycles. The summed E-state index contributed by atoms with van der Waals surface area (Å²) in [6.07, 6.45) is 2.10. The SMILES string of the molecule is O=C(N[C@H]1CCc2ccccc21)On1c(O)cn(Cc2ccccc2)c1=O. The summed E-state index contributed by atoms with van der Waals surface area (Å²) in [4.78, 5) is 29.7. The monoisotopic (exact) mass is 365 g/mol. The van der Waals surface area contributed by atoms with Gasteiger partial charge in [0, 0.05) is 0 Å². The molecule has 7 nitrogen and oxygen atoms in total. The number of nitrogens with zero attached hydrogens (tertiary/aromatic N) is 2. The standard InChI is InChI=1S/C20H19N3O4/c24-18-13-22(12-14-6-2-1-3-7-14)20(26)23(18)27-19(25)21-17-11-10-15-8-4-5-9-16(15)17/h1-9,13,17,24H,10-12H2,(H,21,25)/t17-/m0/s1. The molecule has 2 N–H and O–H groups in total. The van der Waals surface area contributed by atoms with Crippen LogP contribution < -0.4 is 15.8 Å². The lowest BCUT2D eigenvalue weighted by atomic mass is 10.1. The van der Waals surface area contributed by atoms with Crippen molar-refractivity contribution in [2.75, 3.05) is 0 Å². The quantitative estimate of drug-likeness (QED) is 0.742. The predicted octanol–water partition coefficient (Wildman–Crippen LogP) is 2.23. The van der Waals surface area contributed by atoms with Crippen LogP contribution in [0, 0.1) is 0 Å². The Labute approximate surface area is 155 Å². The highest BCUT2D eigenvalue weighted by Crippen LogP contribution is 2.30. The van der Waals surface area contributed by atoms with Gasteiger partial charge in [-0.1, -0.05) is 59.3 Å². The Morgan fingerprint density at radius 1 is 1.15 bits per heavy atom. The van der Waals surface area contributed by atoms with Crippen molar-refractivity contribution >= 4 is 6.09 Å². The summed E-state index contributed by atoms with van der Waals surface area (Å²) in [5.74, 6) is -0.432. The smallest absolute Gasteiger partial charge is 0.432 e. The van der Waals surface area contributed by atoms with Gasteiger partial charge in [0.25, 0.3) is 0 Å². The van der Waals surface area contributed by atoms with Crippen LogP contribution in [0.2, 0.25) is 0 Å². The first-order chi connectivity index (χ1) is 13.1. The van der Waals surface area contributed by atoms with E-state index in [1.807, 2.05) is 54.6 Å². The van der Waals surface area contributed by atoms with E-state index >= 15 is 0 Å². The van der Waals surface area contributed by atoms with Gasteiger partial charge < -0.3 is 15.3 Å². The lowest BCUT2D eigenvalue weighted by Crippen LogP contribution is -2.39. The third-order valence-corrected chi connectivity index (χ3v) is 4.69. The first-order valence-electron chi connectivity index (χ1n) is 8.73. The zero-order valence-corrected chi connectivity index (χ0v) is 14.5. The molecule has 27 heavy (non-hydrogen) atoms. The van der Waals surface area contributed by atoms with Crippen molar-refractivity contribution in [2.45, 2.75) is 25.4 Å². The topological polar surface area (TPSA) is 85.5 Å². The fourth-order valence-corrected chi connectivity index (χ4v) is 3.40. The molecule has 4 rings (SSSR count). The number of aromatic nitrogens is 2. The Kier molecular flexibility index (Phi) is 4.42. The van der Waals surface area contributed by atoms with Crippen molar-refractivity contribution < 1.29 is 14.7 Å². The molecule has 2 aromatic carbocycles. The molecule has 0 bridgehead atoms. The van der Waals surface area contributed by atoms with E-state index < -0.39 is 17.7 Å². The van der Waals surface area contributed by atoms with E-state index in [1.165, 1.54) is 16.3 Å². The third-order valence-electron chi connectivity index (χ3n) is 4.69. The van der Waals surface area contributed by atoms with Crippen molar-refractivity contribution in [3.8, 4) is 5.88 Å². The molecule has 1 aliphatic carbocycles. The Morgan fingerprint density at radius 2 is 1.89 bits per heavy atom. The molecule has 1 aliphatic rings. The Hall–Kier alpha value is -3.48. The maximum atomic E-state index is 12.4.